The summed E-state index contributed by atoms with van der Waals surface area (Å²) in [6.45, 7) is 0.145. The van der Waals surface area contributed by atoms with Crippen molar-refractivity contribution in [1.82, 2.24) is 0 Å². The zero-order chi connectivity index (χ0) is 13.9. The van der Waals surface area contributed by atoms with E-state index in [2.05, 4.69) is 5.32 Å². The van der Waals surface area contributed by atoms with Crippen LogP contribution in [0.5, 0.6) is 0 Å². The Morgan fingerprint density at radius 1 is 1.10 bits per heavy atom. The summed E-state index contributed by atoms with van der Waals surface area (Å²) in [5.41, 5.74) is 1.58. The van der Waals surface area contributed by atoms with Crippen LogP contribution in [0.2, 0.25) is 0 Å². The number of para-hydroxylation sites is 2. The summed E-state index contributed by atoms with van der Waals surface area (Å²) < 4.78 is 0. The summed E-state index contributed by atoms with van der Waals surface area (Å²) in [6.07, 6.45) is 6.61. The smallest absolute Gasteiger partial charge is 0.244 e. The van der Waals surface area contributed by atoms with Crippen LogP contribution in [0, 0.1) is 5.92 Å². The predicted molar refractivity (Wildman–Crippen MR) is 78.6 cm³/mol. The van der Waals surface area contributed by atoms with Crippen LogP contribution in [0.25, 0.3) is 0 Å². The predicted octanol–water partition coefficient (Wildman–Crippen LogP) is 2.94. The van der Waals surface area contributed by atoms with Gasteiger partial charge in [0.2, 0.25) is 11.8 Å². The van der Waals surface area contributed by atoms with E-state index in [-0.39, 0.29) is 24.3 Å². The van der Waals surface area contributed by atoms with E-state index >= 15 is 0 Å². The summed E-state index contributed by atoms with van der Waals surface area (Å²) in [7, 11) is 0. The van der Waals surface area contributed by atoms with Crippen LogP contribution >= 0.6 is 0 Å². The Hall–Kier alpha value is -1.84. The van der Waals surface area contributed by atoms with Gasteiger partial charge in [0.1, 0.15) is 6.54 Å². The lowest BCUT2D eigenvalue weighted by molar-refractivity contribution is -0.125. The minimum absolute atomic E-state index is 0.0801. The second-order valence-corrected chi connectivity index (χ2v) is 5.68. The molecule has 2 aliphatic rings. The van der Waals surface area contributed by atoms with Gasteiger partial charge in [-0.3, -0.25) is 9.59 Å². The highest BCUT2D eigenvalue weighted by Gasteiger charge is 2.31. The molecule has 1 N–H and O–H groups in total. The Morgan fingerprint density at radius 2 is 1.80 bits per heavy atom. The van der Waals surface area contributed by atoms with E-state index in [1.54, 1.807) is 4.90 Å². The van der Waals surface area contributed by atoms with Crippen LogP contribution in [-0.4, -0.2) is 18.4 Å². The number of carbonyl (C=O) groups excluding carboxylic acids is 2. The Labute approximate surface area is 119 Å². The van der Waals surface area contributed by atoms with Gasteiger partial charge in [0, 0.05) is 5.92 Å². The Bertz CT molecular complexity index is 519. The van der Waals surface area contributed by atoms with Crippen LogP contribution in [0.15, 0.2) is 24.3 Å². The molecule has 4 nitrogen and oxygen atoms in total. The monoisotopic (exact) mass is 272 g/mol. The van der Waals surface area contributed by atoms with E-state index in [1.807, 2.05) is 24.3 Å². The maximum atomic E-state index is 12.8. The Kier molecular flexibility index (Phi) is 3.72. The summed E-state index contributed by atoms with van der Waals surface area (Å²) in [6, 6.07) is 7.53. The first-order valence-corrected chi connectivity index (χ1v) is 7.46. The second kappa shape index (κ2) is 5.65. The van der Waals surface area contributed by atoms with Crippen LogP contribution < -0.4 is 10.2 Å². The van der Waals surface area contributed by atoms with Gasteiger partial charge in [-0.05, 0) is 25.0 Å². The average molecular weight is 272 g/mol. The first-order valence-electron chi connectivity index (χ1n) is 7.46. The lowest BCUT2D eigenvalue weighted by Gasteiger charge is -2.31. The van der Waals surface area contributed by atoms with Crippen LogP contribution in [0.4, 0.5) is 11.4 Å². The van der Waals surface area contributed by atoms with Crippen molar-refractivity contribution in [1.29, 1.82) is 0 Å². The first-order chi connectivity index (χ1) is 9.75. The SMILES string of the molecule is O=C1CN(C(=O)C2CCCCCC2)c2ccccc2N1. The standard InChI is InChI=1S/C16H20N2O2/c19-15-11-18(14-10-6-5-9-13(14)17-15)16(20)12-7-3-1-2-4-8-12/h5-6,9-10,12H,1-4,7-8,11H2,(H,17,19). The summed E-state index contributed by atoms with van der Waals surface area (Å²) >= 11 is 0. The molecule has 1 aromatic carbocycles. The molecule has 2 amide bonds. The van der Waals surface area contributed by atoms with Crippen molar-refractivity contribution >= 4 is 23.2 Å². The number of hydrogen-bond donors (Lipinski definition) is 1. The summed E-state index contributed by atoms with van der Waals surface area (Å²) in [5, 5.41) is 2.83. The van der Waals surface area contributed by atoms with Crippen molar-refractivity contribution < 1.29 is 9.59 Å². The third-order valence-corrected chi connectivity index (χ3v) is 4.24. The van der Waals surface area contributed by atoms with Gasteiger partial charge in [0.25, 0.3) is 0 Å². The van der Waals surface area contributed by atoms with Gasteiger partial charge in [0.05, 0.1) is 11.4 Å². The second-order valence-electron chi connectivity index (χ2n) is 5.68. The molecule has 20 heavy (non-hydrogen) atoms. The molecule has 0 spiro atoms. The van der Waals surface area contributed by atoms with Crippen molar-refractivity contribution in [2.24, 2.45) is 5.92 Å². The van der Waals surface area contributed by atoms with E-state index in [4.69, 9.17) is 0 Å². The largest absolute Gasteiger partial charge is 0.323 e. The molecule has 3 rings (SSSR count). The average Bonchev–Trinajstić information content (AvgIpc) is 2.74. The van der Waals surface area contributed by atoms with Crippen LogP contribution in [-0.2, 0) is 9.59 Å². The molecule has 106 valence electrons. The van der Waals surface area contributed by atoms with Crippen molar-refractivity contribution in [2.75, 3.05) is 16.8 Å². The highest BCUT2D eigenvalue weighted by Crippen LogP contribution is 2.32. The highest BCUT2D eigenvalue weighted by molar-refractivity contribution is 6.10. The number of nitrogens with zero attached hydrogens (tertiary/aromatic N) is 1. The van der Waals surface area contributed by atoms with Crippen molar-refractivity contribution in [3.63, 3.8) is 0 Å². The Balaban J connectivity index is 1.85. The molecule has 1 aliphatic heterocycles. The van der Waals surface area contributed by atoms with E-state index in [0.29, 0.717) is 0 Å². The van der Waals surface area contributed by atoms with Gasteiger partial charge in [-0.25, -0.2) is 0 Å². The lowest BCUT2D eigenvalue weighted by atomic mass is 9.98. The minimum Gasteiger partial charge on any atom is -0.323 e. The molecule has 4 heteroatoms. The molecule has 1 aromatic rings. The fraction of sp³-hybridized carbons (Fsp3) is 0.500. The van der Waals surface area contributed by atoms with Gasteiger partial charge in [-0.15, -0.1) is 0 Å². The molecule has 0 unspecified atom stereocenters. The van der Waals surface area contributed by atoms with E-state index in [1.165, 1.54) is 12.8 Å². The molecule has 1 fully saturated rings. The lowest BCUT2D eigenvalue weighted by Crippen LogP contribution is -2.44. The summed E-state index contributed by atoms with van der Waals surface area (Å²) in [4.78, 5) is 26.2. The first kappa shape index (κ1) is 13.2. The number of amides is 2. The van der Waals surface area contributed by atoms with Crippen molar-refractivity contribution in [2.45, 2.75) is 38.5 Å². The maximum Gasteiger partial charge on any atom is 0.244 e. The molecule has 1 heterocycles. The molecule has 0 bridgehead atoms. The molecule has 0 saturated heterocycles. The van der Waals surface area contributed by atoms with Crippen molar-refractivity contribution in [3.05, 3.63) is 24.3 Å². The van der Waals surface area contributed by atoms with Gasteiger partial charge in [-0.1, -0.05) is 37.8 Å². The molecule has 1 saturated carbocycles. The fourth-order valence-electron chi connectivity index (χ4n) is 3.18. The zero-order valence-electron chi connectivity index (χ0n) is 11.6. The van der Waals surface area contributed by atoms with Crippen LogP contribution in [0.1, 0.15) is 38.5 Å². The third kappa shape index (κ3) is 2.55. The molecule has 0 radical (unpaired) electrons. The third-order valence-electron chi connectivity index (χ3n) is 4.24. The molecular weight excluding hydrogens is 252 g/mol. The highest BCUT2D eigenvalue weighted by atomic mass is 16.2. The Morgan fingerprint density at radius 3 is 2.55 bits per heavy atom. The van der Waals surface area contributed by atoms with E-state index in [0.717, 1.165) is 37.1 Å². The van der Waals surface area contributed by atoms with Gasteiger partial charge in [0.15, 0.2) is 0 Å². The molecular formula is C16H20N2O2. The molecule has 0 atom stereocenters. The van der Waals surface area contributed by atoms with E-state index < -0.39 is 0 Å². The number of rotatable bonds is 1. The van der Waals surface area contributed by atoms with Crippen molar-refractivity contribution in [3.8, 4) is 0 Å². The zero-order valence-corrected chi connectivity index (χ0v) is 11.6. The maximum absolute atomic E-state index is 12.8. The van der Waals surface area contributed by atoms with Crippen LogP contribution in [0.3, 0.4) is 0 Å². The number of anilines is 2. The molecule has 1 aliphatic carbocycles. The molecule has 0 aromatic heterocycles. The van der Waals surface area contributed by atoms with Gasteiger partial charge in [-0.2, -0.15) is 0 Å². The number of fused-ring (bicyclic) bond motifs is 1. The minimum atomic E-state index is -0.106. The number of nitrogens with one attached hydrogen (secondary N) is 1. The number of carbonyl (C=O) groups is 2. The van der Waals surface area contributed by atoms with Gasteiger partial charge < -0.3 is 10.2 Å². The topological polar surface area (TPSA) is 49.4 Å². The van der Waals surface area contributed by atoms with Gasteiger partial charge >= 0.3 is 0 Å². The number of benzene rings is 1. The fourth-order valence-corrected chi connectivity index (χ4v) is 3.18. The quantitative estimate of drug-likeness (QED) is 0.799. The number of hydrogen-bond acceptors (Lipinski definition) is 2. The summed E-state index contributed by atoms with van der Waals surface area (Å²) in [5.74, 6) is 0.0938. The van der Waals surface area contributed by atoms with E-state index in [9.17, 15) is 9.59 Å². The normalized spacial score (nSPS) is 20.0.